The monoisotopic (exact) mass is 358 g/mol. The molecule has 4 rings (SSSR count). The van der Waals surface area contributed by atoms with Crippen LogP contribution >= 0.6 is 0 Å². The van der Waals surface area contributed by atoms with Crippen molar-refractivity contribution in [1.29, 1.82) is 0 Å². The van der Waals surface area contributed by atoms with Gasteiger partial charge in [0.1, 0.15) is 0 Å². The third-order valence-electron chi connectivity index (χ3n) is 3.95. The van der Waals surface area contributed by atoms with Crippen molar-refractivity contribution >= 4 is 28.8 Å². The molecule has 0 radical (unpaired) electrons. The van der Waals surface area contributed by atoms with Crippen LogP contribution in [0.25, 0.3) is 16.9 Å². The Morgan fingerprint density at radius 3 is 2.63 bits per heavy atom. The Morgan fingerprint density at radius 2 is 1.85 bits per heavy atom. The molecule has 4 aromatic rings. The first kappa shape index (κ1) is 16.4. The molecule has 132 valence electrons. The summed E-state index contributed by atoms with van der Waals surface area (Å²) in [6.07, 6.45) is 1.66. The molecule has 2 aromatic carbocycles. The molecule has 0 spiro atoms. The van der Waals surface area contributed by atoms with Crippen LogP contribution in [0, 0.1) is 0 Å². The van der Waals surface area contributed by atoms with E-state index in [-0.39, 0.29) is 11.4 Å². The summed E-state index contributed by atoms with van der Waals surface area (Å²) in [6.45, 7) is 0. The van der Waals surface area contributed by atoms with Crippen LogP contribution in [-0.4, -0.2) is 25.7 Å². The van der Waals surface area contributed by atoms with Crippen LogP contribution < -0.4 is 5.73 Å². The highest BCUT2D eigenvalue weighted by Gasteiger charge is 2.14. The minimum Gasteiger partial charge on any atom is -0.478 e. The number of aromatic carboxylic acids is 1. The lowest BCUT2D eigenvalue weighted by molar-refractivity contribution is 0.0697. The van der Waals surface area contributed by atoms with E-state index in [1.807, 2.05) is 36.4 Å². The SMILES string of the molecule is Nc1nn2c(-c3ccccc3)ccnc2c1N=Nc1cccc(C(=O)O)c1. The smallest absolute Gasteiger partial charge is 0.335 e. The van der Waals surface area contributed by atoms with Crippen LogP contribution in [0.2, 0.25) is 0 Å². The van der Waals surface area contributed by atoms with E-state index in [0.717, 1.165) is 11.3 Å². The van der Waals surface area contributed by atoms with Crippen molar-refractivity contribution < 1.29 is 9.90 Å². The fourth-order valence-corrected chi connectivity index (χ4v) is 2.68. The van der Waals surface area contributed by atoms with Gasteiger partial charge in [0.05, 0.1) is 16.9 Å². The Morgan fingerprint density at radius 1 is 1.04 bits per heavy atom. The zero-order valence-corrected chi connectivity index (χ0v) is 14.0. The zero-order valence-electron chi connectivity index (χ0n) is 14.0. The largest absolute Gasteiger partial charge is 0.478 e. The number of anilines is 1. The lowest BCUT2D eigenvalue weighted by Gasteiger charge is -2.03. The maximum atomic E-state index is 11.1. The highest BCUT2D eigenvalue weighted by molar-refractivity contribution is 5.88. The molecule has 8 heteroatoms. The predicted octanol–water partition coefficient (Wildman–Crippen LogP) is 4.09. The maximum Gasteiger partial charge on any atom is 0.335 e. The molecule has 0 aliphatic heterocycles. The zero-order chi connectivity index (χ0) is 18.8. The molecule has 0 fully saturated rings. The normalized spacial score (nSPS) is 11.3. The second-order valence-electron chi connectivity index (χ2n) is 5.72. The Hall–Kier alpha value is -4.07. The van der Waals surface area contributed by atoms with Gasteiger partial charge in [0.25, 0.3) is 0 Å². The molecule has 0 unspecified atom stereocenters. The minimum atomic E-state index is -1.03. The van der Waals surface area contributed by atoms with E-state index in [2.05, 4.69) is 20.3 Å². The second-order valence-corrected chi connectivity index (χ2v) is 5.72. The summed E-state index contributed by atoms with van der Waals surface area (Å²) < 4.78 is 1.62. The average Bonchev–Trinajstić information content (AvgIpc) is 3.02. The lowest BCUT2D eigenvalue weighted by atomic mass is 10.1. The first-order valence-corrected chi connectivity index (χ1v) is 8.07. The molecule has 0 saturated carbocycles. The van der Waals surface area contributed by atoms with Gasteiger partial charge in [-0.3, -0.25) is 0 Å². The van der Waals surface area contributed by atoms with Gasteiger partial charge in [0, 0.05) is 11.8 Å². The van der Waals surface area contributed by atoms with Crippen molar-refractivity contribution in [3.05, 3.63) is 72.4 Å². The molecule has 0 aliphatic rings. The molecule has 0 bridgehead atoms. The fraction of sp³-hybridized carbons (Fsp3) is 0. The second kappa shape index (κ2) is 6.68. The molecule has 0 aliphatic carbocycles. The van der Waals surface area contributed by atoms with Crippen LogP contribution in [0.5, 0.6) is 0 Å². The Bertz CT molecular complexity index is 1170. The number of nitrogen functional groups attached to an aromatic ring is 1. The molecule has 3 N–H and O–H groups in total. The quantitative estimate of drug-likeness (QED) is 0.533. The molecule has 8 nitrogen and oxygen atoms in total. The number of benzene rings is 2. The number of carboxylic acids is 1. The predicted molar refractivity (Wildman–Crippen MR) is 100 cm³/mol. The first-order chi connectivity index (χ1) is 13.1. The number of hydrogen-bond donors (Lipinski definition) is 2. The molecule has 0 amide bonds. The van der Waals surface area contributed by atoms with Crippen molar-refractivity contribution in [1.82, 2.24) is 14.6 Å². The van der Waals surface area contributed by atoms with Crippen LogP contribution in [0.4, 0.5) is 17.2 Å². The van der Waals surface area contributed by atoms with Crippen molar-refractivity contribution in [2.75, 3.05) is 5.73 Å². The molecular weight excluding hydrogens is 344 g/mol. The van der Waals surface area contributed by atoms with Crippen molar-refractivity contribution in [3.63, 3.8) is 0 Å². The van der Waals surface area contributed by atoms with Gasteiger partial charge in [0.15, 0.2) is 17.2 Å². The summed E-state index contributed by atoms with van der Waals surface area (Å²) in [5, 5.41) is 21.7. The highest BCUT2D eigenvalue weighted by Crippen LogP contribution is 2.31. The van der Waals surface area contributed by atoms with E-state index in [1.165, 1.54) is 12.1 Å². The van der Waals surface area contributed by atoms with E-state index >= 15 is 0 Å². The summed E-state index contributed by atoms with van der Waals surface area (Å²) in [4.78, 5) is 15.4. The van der Waals surface area contributed by atoms with E-state index in [9.17, 15) is 4.79 Å². The minimum absolute atomic E-state index is 0.128. The third-order valence-corrected chi connectivity index (χ3v) is 3.95. The Balaban J connectivity index is 1.78. The molecule has 0 saturated heterocycles. The number of rotatable bonds is 4. The van der Waals surface area contributed by atoms with Gasteiger partial charge in [-0.05, 0) is 24.3 Å². The van der Waals surface area contributed by atoms with Crippen LogP contribution in [0.3, 0.4) is 0 Å². The Labute approximate surface area is 153 Å². The summed E-state index contributed by atoms with van der Waals surface area (Å²) >= 11 is 0. The lowest BCUT2D eigenvalue weighted by Crippen LogP contribution is -1.95. The van der Waals surface area contributed by atoms with Gasteiger partial charge < -0.3 is 10.8 Å². The summed E-state index contributed by atoms with van der Waals surface area (Å²) in [7, 11) is 0. The maximum absolute atomic E-state index is 11.1. The number of aromatic nitrogens is 3. The summed E-state index contributed by atoms with van der Waals surface area (Å²) in [5.41, 5.74) is 9.12. The summed E-state index contributed by atoms with van der Waals surface area (Å²) in [5.74, 6) is -0.847. The van der Waals surface area contributed by atoms with E-state index in [4.69, 9.17) is 10.8 Å². The molecule has 2 heterocycles. The molecule has 0 atom stereocenters. The van der Waals surface area contributed by atoms with Gasteiger partial charge in [0.2, 0.25) is 0 Å². The van der Waals surface area contributed by atoms with Crippen LogP contribution in [0.1, 0.15) is 10.4 Å². The average molecular weight is 358 g/mol. The summed E-state index contributed by atoms with van der Waals surface area (Å²) in [6, 6.07) is 17.7. The van der Waals surface area contributed by atoms with Gasteiger partial charge in [-0.15, -0.1) is 10.2 Å². The highest BCUT2D eigenvalue weighted by atomic mass is 16.4. The van der Waals surface area contributed by atoms with Crippen molar-refractivity contribution in [2.45, 2.75) is 0 Å². The number of fused-ring (bicyclic) bond motifs is 1. The Kier molecular flexibility index (Phi) is 4.06. The number of hydrogen-bond acceptors (Lipinski definition) is 6. The fourth-order valence-electron chi connectivity index (χ4n) is 2.68. The third kappa shape index (κ3) is 3.11. The molecular formula is C19H14N6O2. The topological polar surface area (TPSA) is 118 Å². The molecule has 2 aromatic heterocycles. The standard InChI is InChI=1S/C19H14N6O2/c20-17-16(23-22-14-8-4-7-13(11-14)19(26)27)18-21-10-9-15(25(18)24-17)12-5-2-1-3-6-12/h1-11H,(H2,20,24)(H,26,27). The van der Waals surface area contributed by atoms with Crippen molar-refractivity contribution in [3.8, 4) is 11.3 Å². The first-order valence-electron chi connectivity index (χ1n) is 8.07. The van der Waals surface area contributed by atoms with Gasteiger partial charge in [-0.25, -0.2) is 14.3 Å². The number of carbonyl (C=O) groups is 1. The molecule has 27 heavy (non-hydrogen) atoms. The number of azo groups is 1. The van der Waals surface area contributed by atoms with Crippen LogP contribution in [-0.2, 0) is 0 Å². The van der Waals surface area contributed by atoms with Crippen molar-refractivity contribution in [2.24, 2.45) is 10.2 Å². The number of nitrogens with zero attached hydrogens (tertiary/aromatic N) is 5. The number of nitrogens with two attached hydrogens (primary N) is 1. The van der Waals surface area contributed by atoms with Crippen LogP contribution in [0.15, 0.2) is 77.1 Å². The van der Waals surface area contributed by atoms with E-state index in [1.54, 1.807) is 22.8 Å². The van der Waals surface area contributed by atoms with Gasteiger partial charge in [-0.1, -0.05) is 36.4 Å². The van der Waals surface area contributed by atoms with Gasteiger partial charge in [-0.2, -0.15) is 5.11 Å². The number of carboxylic acid groups (broad SMARTS) is 1. The van der Waals surface area contributed by atoms with E-state index in [0.29, 0.717) is 17.0 Å². The van der Waals surface area contributed by atoms with Gasteiger partial charge >= 0.3 is 5.97 Å². The van der Waals surface area contributed by atoms with E-state index < -0.39 is 5.97 Å².